The van der Waals surface area contributed by atoms with Crippen molar-refractivity contribution < 1.29 is 4.79 Å². The van der Waals surface area contributed by atoms with Crippen LogP contribution in [-0.2, 0) is 0 Å². The number of benzene rings is 1. The number of aromatic nitrogens is 1. The second-order valence-corrected chi connectivity index (χ2v) is 4.65. The number of hydrogen-bond donors (Lipinski definition) is 2. The van der Waals surface area contributed by atoms with Gasteiger partial charge in [0.05, 0.1) is 0 Å². The number of amides is 1. The van der Waals surface area contributed by atoms with Crippen molar-refractivity contribution in [1.82, 2.24) is 4.98 Å². The van der Waals surface area contributed by atoms with E-state index >= 15 is 0 Å². The Labute approximate surface area is 116 Å². The van der Waals surface area contributed by atoms with Gasteiger partial charge >= 0.3 is 0 Å². The highest BCUT2D eigenvalue weighted by Gasteiger charge is 2.07. The average Bonchev–Trinajstić information content (AvgIpc) is 2.39. The SMILES string of the molecule is CC(Nc1ccnc(C(N)=O)c1)c1ccc(Cl)cc1. The lowest BCUT2D eigenvalue weighted by Crippen LogP contribution is -2.14. The summed E-state index contributed by atoms with van der Waals surface area (Å²) in [7, 11) is 0. The highest BCUT2D eigenvalue weighted by atomic mass is 35.5. The van der Waals surface area contributed by atoms with Crippen LogP contribution in [0.2, 0.25) is 5.02 Å². The summed E-state index contributed by atoms with van der Waals surface area (Å²) in [6.45, 7) is 2.02. The van der Waals surface area contributed by atoms with Crippen LogP contribution in [0.25, 0.3) is 0 Å². The van der Waals surface area contributed by atoms with Crippen molar-refractivity contribution in [2.24, 2.45) is 5.73 Å². The van der Waals surface area contributed by atoms with Gasteiger partial charge in [-0.15, -0.1) is 0 Å². The Morgan fingerprint density at radius 2 is 2.00 bits per heavy atom. The molecule has 1 aromatic carbocycles. The van der Waals surface area contributed by atoms with E-state index in [4.69, 9.17) is 17.3 Å². The zero-order valence-corrected chi connectivity index (χ0v) is 11.2. The fourth-order valence-corrected chi connectivity index (χ4v) is 1.87. The molecule has 5 heteroatoms. The van der Waals surface area contributed by atoms with Gasteiger partial charge in [0.25, 0.3) is 5.91 Å². The molecule has 2 rings (SSSR count). The monoisotopic (exact) mass is 275 g/mol. The normalized spacial score (nSPS) is 11.9. The summed E-state index contributed by atoms with van der Waals surface area (Å²) in [4.78, 5) is 15.0. The Kier molecular flexibility index (Phi) is 4.02. The van der Waals surface area contributed by atoms with Crippen LogP contribution in [0.1, 0.15) is 29.0 Å². The van der Waals surface area contributed by atoms with Crippen LogP contribution in [0.5, 0.6) is 0 Å². The summed E-state index contributed by atoms with van der Waals surface area (Å²) < 4.78 is 0. The van der Waals surface area contributed by atoms with E-state index in [1.165, 1.54) is 0 Å². The summed E-state index contributed by atoms with van der Waals surface area (Å²) >= 11 is 5.85. The topological polar surface area (TPSA) is 68.0 Å². The number of halogens is 1. The van der Waals surface area contributed by atoms with Crippen LogP contribution in [-0.4, -0.2) is 10.9 Å². The first-order valence-corrected chi connectivity index (χ1v) is 6.22. The van der Waals surface area contributed by atoms with Gasteiger partial charge in [-0.1, -0.05) is 23.7 Å². The van der Waals surface area contributed by atoms with E-state index in [0.29, 0.717) is 5.02 Å². The number of hydrogen-bond acceptors (Lipinski definition) is 3. The number of pyridine rings is 1. The van der Waals surface area contributed by atoms with E-state index in [2.05, 4.69) is 10.3 Å². The van der Waals surface area contributed by atoms with Gasteiger partial charge in [-0.3, -0.25) is 9.78 Å². The number of carbonyl (C=O) groups is 1. The van der Waals surface area contributed by atoms with E-state index < -0.39 is 5.91 Å². The third-order valence-electron chi connectivity index (χ3n) is 2.77. The lowest BCUT2D eigenvalue weighted by Gasteiger charge is -2.16. The Hall–Kier alpha value is -2.07. The number of nitrogens with zero attached hydrogens (tertiary/aromatic N) is 1. The maximum absolute atomic E-state index is 11.1. The van der Waals surface area contributed by atoms with Crippen molar-refractivity contribution in [3.05, 3.63) is 58.9 Å². The molecule has 0 radical (unpaired) electrons. The minimum atomic E-state index is -0.539. The molecule has 98 valence electrons. The third-order valence-corrected chi connectivity index (χ3v) is 3.02. The zero-order chi connectivity index (χ0) is 13.8. The fourth-order valence-electron chi connectivity index (χ4n) is 1.74. The van der Waals surface area contributed by atoms with Crippen LogP contribution < -0.4 is 11.1 Å². The van der Waals surface area contributed by atoms with Crippen LogP contribution in [0.15, 0.2) is 42.6 Å². The molecule has 1 heterocycles. The molecule has 1 atom stereocenters. The van der Waals surface area contributed by atoms with E-state index in [1.54, 1.807) is 18.3 Å². The lowest BCUT2D eigenvalue weighted by atomic mass is 10.1. The number of nitrogens with two attached hydrogens (primary N) is 1. The molecule has 0 spiro atoms. The largest absolute Gasteiger partial charge is 0.378 e. The van der Waals surface area contributed by atoms with Crippen molar-refractivity contribution >= 4 is 23.2 Å². The minimum absolute atomic E-state index is 0.0837. The summed E-state index contributed by atoms with van der Waals surface area (Å²) in [6, 6.07) is 11.1. The highest BCUT2D eigenvalue weighted by Crippen LogP contribution is 2.20. The standard InChI is InChI=1S/C14H14ClN3O/c1-9(10-2-4-11(15)5-3-10)18-12-6-7-17-13(8-12)14(16)19/h2-9H,1H3,(H2,16,19)(H,17,18). The van der Waals surface area contributed by atoms with E-state index in [0.717, 1.165) is 11.3 Å². The lowest BCUT2D eigenvalue weighted by molar-refractivity contribution is 0.0995. The zero-order valence-electron chi connectivity index (χ0n) is 10.4. The van der Waals surface area contributed by atoms with Gasteiger partial charge in [-0.05, 0) is 36.8 Å². The maximum Gasteiger partial charge on any atom is 0.267 e. The molecule has 0 aliphatic heterocycles. The van der Waals surface area contributed by atoms with Crippen LogP contribution in [0, 0.1) is 0 Å². The Morgan fingerprint density at radius 3 is 2.63 bits per heavy atom. The molecule has 19 heavy (non-hydrogen) atoms. The highest BCUT2D eigenvalue weighted by molar-refractivity contribution is 6.30. The van der Waals surface area contributed by atoms with Gasteiger partial charge in [0.1, 0.15) is 5.69 Å². The van der Waals surface area contributed by atoms with Crippen molar-refractivity contribution in [3.63, 3.8) is 0 Å². The second kappa shape index (κ2) is 5.71. The molecule has 3 N–H and O–H groups in total. The van der Waals surface area contributed by atoms with E-state index in [-0.39, 0.29) is 11.7 Å². The molecule has 2 aromatic rings. The fraction of sp³-hybridized carbons (Fsp3) is 0.143. The summed E-state index contributed by atoms with van der Waals surface area (Å²) in [5.74, 6) is -0.539. The maximum atomic E-state index is 11.1. The van der Waals surface area contributed by atoms with Crippen LogP contribution in [0.3, 0.4) is 0 Å². The summed E-state index contributed by atoms with van der Waals surface area (Å²) in [6.07, 6.45) is 1.55. The molecule has 0 saturated heterocycles. The molecule has 1 amide bonds. The first kappa shape index (κ1) is 13.4. The average molecular weight is 276 g/mol. The van der Waals surface area contributed by atoms with E-state index in [9.17, 15) is 4.79 Å². The van der Waals surface area contributed by atoms with Crippen LogP contribution in [0.4, 0.5) is 5.69 Å². The first-order chi connectivity index (χ1) is 9.06. The minimum Gasteiger partial charge on any atom is -0.378 e. The number of nitrogens with one attached hydrogen (secondary N) is 1. The number of rotatable bonds is 4. The predicted molar refractivity (Wildman–Crippen MR) is 76.2 cm³/mol. The molecular weight excluding hydrogens is 262 g/mol. The van der Waals surface area contributed by atoms with Crippen molar-refractivity contribution in [2.45, 2.75) is 13.0 Å². The van der Waals surface area contributed by atoms with Gasteiger partial charge in [0.15, 0.2) is 0 Å². The molecule has 0 bridgehead atoms. The third kappa shape index (κ3) is 3.45. The second-order valence-electron chi connectivity index (χ2n) is 4.21. The summed E-state index contributed by atoms with van der Waals surface area (Å²) in [5.41, 5.74) is 7.34. The van der Waals surface area contributed by atoms with Crippen LogP contribution >= 0.6 is 11.6 Å². The quantitative estimate of drug-likeness (QED) is 0.901. The molecule has 0 aliphatic carbocycles. The molecule has 0 aliphatic rings. The molecule has 1 unspecified atom stereocenters. The molecule has 1 aromatic heterocycles. The first-order valence-electron chi connectivity index (χ1n) is 5.84. The Morgan fingerprint density at radius 1 is 1.32 bits per heavy atom. The number of primary amides is 1. The van der Waals surface area contributed by atoms with Gasteiger partial charge in [-0.2, -0.15) is 0 Å². The number of anilines is 1. The predicted octanol–water partition coefficient (Wildman–Crippen LogP) is 3.01. The van der Waals surface area contributed by atoms with Crippen molar-refractivity contribution in [1.29, 1.82) is 0 Å². The van der Waals surface area contributed by atoms with Gasteiger partial charge in [-0.25, -0.2) is 0 Å². The molecular formula is C14H14ClN3O. The number of carbonyl (C=O) groups excluding carboxylic acids is 1. The van der Waals surface area contributed by atoms with E-state index in [1.807, 2.05) is 31.2 Å². The smallest absolute Gasteiger partial charge is 0.267 e. The van der Waals surface area contributed by atoms with Gasteiger partial charge < -0.3 is 11.1 Å². The molecule has 0 saturated carbocycles. The molecule has 4 nitrogen and oxygen atoms in total. The van der Waals surface area contributed by atoms with Crippen molar-refractivity contribution in [3.8, 4) is 0 Å². The van der Waals surface area contributed by atoms with Gasteiger partial charge in [0.2, 0.25) is 0 Å². The molecule has 0 fully saturated rings. The van der Waals surface area contributed by atoms with Crippen molar-refractivity contribution in [2.75, 3.05) is 5.32 Å². The Balaban J connectivity index is 2.14. The summed E-state index contributed by atoms with van der Waals surface area (Å²) in [5, 5.41) is 3.99. The Bertz CT molecular complexity index is 583. The van der Waals surface area contributed by atoms with Gasteiger partial charge in [0, 0.05) is 22.9 Å².